The van der Waals surface area contributed by atoms with Crippen LogP contribution in [0.3, 0.4) is 0 Å². The Morgan fingerprint density at radius 3 is 2.27 bits per heavy atom. The van der Waals surface area contributed by atoms with E-state index in [9.17, 15) is 0 Å². The van der Waals surface area contributed by atoms with Gasteiger partial charge in [0.25, 0.3) is 0 Å². The maximum Gasteiger partial charge on any atom is 0.0594 e. The topological polar surface area (TPSA) is 19.0 Å². The number of ether oxygens (including phenoxy) is 1. The largest absolute Gasteiger partial charge is 0.379 e. The molecule has 0 saturated carbocycles. The summed E-state index contributed by atoms with van der Waals surface area (Å²) >= 11 is 0. The molecule has 0 aromatic carbocycles. The minimum absolute atomic E-state index is 0.904. The van der Waals surface area contributed by atoms with Crippen molar-refractivity contribution in [2.75, 3.05) is 73.6 Å². The maximum absolute atomic E-state index is 5.32. The number of nitrogens with zero attached hydrogens (tertiary/aromatic N) is 3. The van der Waals surface area contributed by atoms with E-state index in [0.717, 1.165) is 45.9 Å². The van der Waals surface area contributed by atoms with E-state index in [1.54, 1.807) is 0 Å². The zero-order chi connectivity index (χ0) is 11.1. The fourth-order valence-electron chi connectivity index (χ4n) is 1.62. The molecule has 0 aromatic rings. The molecule has 4 heteroatoms. The molecule has 0 radical (unpaired) electrons. The molecule has 1 saturated heterocycles. The Kier molecular flexibility index (Phi) is 6.17. The van der Waals surface area contributed by atoms with E-state index in [-0.39, 0.29) is 0 Å². The Hall–Kier alpha value is -0.160. The van der Waals surface area contributed by atoms with Crippen LogP contribution in [0.15, 0.2) is 0 Å². The molecule has 1 heterocycles. The molecule has 0 amide bonds. The molecule has 1 fully saturated rings. The zero-order valence-corrected chi connectivity index (χ0v) is 10.4. The Balaban J connectivity index is 2.02. The third-order valence-corrected chi connectivity index (χ3v) is 2.83. The first-order valence-electron chi connectivity index (χ1n) is 5.82. The van der Waals surface area contributed by atoms with E-state index in [1.165, 1.54) is 6.54 Å². The fraction of sp³-hybridized carbons (Fsp3) is 1.00. The standard InChI is InChI=1S/C11H25N3O/c1-12(2)4-5-13(3)6-7-14-8-10-15-11-9-14/h4-11H2,1-3H3. The lowest BCUT2D eigenvalue weighted by Crippen LogP contribution is -2.41. The predicted molar refractivity (Wildman–Crippen MR) is 63.3 cm³/mol. The van der Waals surface area contributed by atoms with Gasteiger partial charge in [-0.25, -0.2) is 0 Å². The van der Waals surface area contributed by atoms with Crippen molar-refractivity contribution in [2.24, 2.45) is 0 Å². The SMILES string of the molecule is CN(C)CCN(C)CCN1CCOCC1. The van der Waals surface area contributed by atoms with Crippen LogP contribution in [-0.2, 0) is 4.74 Å². The maximum atomic E-state index is 5.32. The van der Waals surface area contributed by atoms with Crippen LogP contribution < -0.4 is 0 Å². The first kappa shape index (κ1) is 12.9. The monoisotopic (exact) mass is 215 g/mol. The number of morpholine rings is 1. The molecule has 1 aliphatic rings. The molecule has 0 unspecified atom stereocenters. The number of hydrogen-bond acceptors (Lipinski definition) is 4. The van der Waals surface area contributed by atoms with E-state index in [2.05, 4.69) is 35.8 Å². The van der Waals surface area contributed by atoms with Gasteiger partial charge in [0.1, 0.15) is 0 Å². The second-order valence-electron chi connectivity index (χ2n) is 4.56. The van der Waals surface area contributed by atoms with Crippen molar-refractivity contribution in [3.63, 3.8) is 0 Å². The average molecular weight is 215 g/mol. The van der Waals surface area contributed by atoms with E-state index in [1.807, 2.05) is 0 Å². The lowest BCUT2D eigenvalue weighted by molar-refractivity contribution is 0.0343. The lowest BCUT2D eigenvalue weighted by atomic mass is 10.4. The van der Waals surface area contributed by atoms with Gasteiger partial charge in [0.05, 0.1) is 13.2 Å². The highest BCUT2D eigenvalue weighted by molar-refractivity contribution is 4.64. The highest BCUT2D eigenvalue weighted by atomic mass is 16.5. The summed E-state index contributed by atoms with van der Waals surface area (Å²) < 4.78 is 5.32. The van der Waals surface area contributed by atoms with Crippen molar-refractivity contribution in [2.45, 2.75) is 0 Å². The molecule has 15 heavy (non-hydrogen) atoms. The fourth-order valence-corrected chi connectivity index (χ4v) is 1.62. The smallest absolute Gasteiger partial charge is 0.0594 e. The minimum Gasteiger partial charge on any atom is -0.379 e. The molecule has 90 valence electrons. The molecule has 0 aliphatic carbocycles. The van der Waals surface area contributed by atoms with Crippen LogP contribution in [-0.4, -0.2) is 88.3 Å². The predicted octanol–water partition coefficient (Wildman–Crippen LogP) is -0.188. The van der Waals surface area contributed by atoms with E-state index >= 15 is 0 Å². The van der Waals surface area contributed by atoms with E-state index in [0.29, 0.717) is 0 Å². The van der Waals surface area contributed by atoms with Crippen LogP contribution in [0.1, 0.15) is 0 Å². The van der Waals surface area contributed by atoms with Gasteiger partial charge in [-0.05, 0) is 21.1 Å². The third-order valence-electron chi connectivity index (χ3n) is 2.83. The van der Waals surface area contributed by atoms with Crippen molar-refractivity contribution in [3.8, 4) is 0 Å². The van der Waals surface area contributed by atoms with Crippen LogP contribution in [0.5, 0.6) is 0 Å². The molecule has 0 N–H and O–H groups in total. The molecule has 0 spiro atoms. The molecule has 1 aliphatic heterocycles. The molecule has 0 bridgehead atoms. The Labute approximate surface area is 93.8 Å². The van der Waals surface area contributed by atoms with Crippen LogP contribution in [0.25, 0.3) is 0 Å². The van der Waals surface area contributed by atoms with Crippen LogP contribution in [0.2, 0.25) is 0 Å². The Bertz CT molecular complexity index is 158. The molecular formula is C11H25N3O. The van der Waals surface area contributed by atoms with Gasteiger partial charge in [-0.3, -0.25) is 4.90 Å². The van der Waals surface area contributed by atoms with E-state index < -0.39 is 0 Å². The Morgan fingerprint density at radius 1 is 1.00 bits per heavy atom. The second-order valence-corrected chi connectivity index (χ2v) is 4.56. The quantitative estimate of drug-likeness (QED) is 0.611. The van der Waals surface area contributed by atoms with Gasteiger partial charge in [0, 0.05) is 39.3 Å². The van der Waals surface area contributed by atoms with Crippen molar-refractivity contribution in [1.82, 2.24) is 14.7 Å². The number of rotatable bonds is 6. The van der Waals surface area contributed by atoms with Gasteiger partial charge in [-0.15, -0.1) is 0 Å². The average Bonchev–Trinajstić information content (AvgIpc) is 2.25. The summed E-state index contributed by atoms with van der Waals surface area (Å²) in [5.74, 6) is 0. The van der Waals surface area contributed by atoms with Crippen LogP contribution >= 0.6 is 0 Å². The van der Waals surface area contributed by atoms with Gasteiger partial charge in [-0.2, -0.15) is 0 Å². The summed E-state index contributed by atoms with van der Waals surface area (Å²) in [6, 6.07) is 0. The summed E-state index contributed by atoms with van der Waals surface area (Å²) in [5.41, 5.74) is 0. The van der Waals surface area contributed by atoms with E-state index in [4.69, 9.17) is 4.74 Å². The molecule has 4 nitrogen and oxygen atoms in total. The van der Waals surface area contributed by atoms with Crippen molar-refractivity contribution in [3.05, 3.63) is 0 Å². The summed E-state index contributed by atoms with van der Waals surface area (Å²) in [7, 11) is 6.44. The summed E-state index contributed by atoms with van der Waals surface area (Å²) in [6.07, 6.45) is 0. The first-order valence-corrected chi connectivity index (χ1v) is 5.82. The lowest BCUT2D eigenvalue weighted by Gasteiger charge is -2.28. The molecule has 1 rings (SSSR count). The number of likely N-dealkylation sites (N-methyl/N-ethyl adjacent to an activating group) is 2. The summed E-state index contributed by atoms with van der Waals surface area (Å²) in [5, 5.41) is 0. The number of hydrogen-bond donors (Lipinski definition) is 0. The van der Waals surface area contributed by atoms with Crippen molar-refractivity contribution in [1.29, 1.82) is 0 Å². The highest BCUT2D eigenvalue weighted by Gasteiger charge is 2.10. The Morgan fingerprint density at radius 2 is 1.67 bits per heavy atom. The minimum atomic E-state index is 0.904. The van der Waals surface area contributed by atoms with Gasteiger partial charge < -0.3 is 14.5 Å². The molecular weight excluding hydrogens is 190 g/mol. The van der Waals surface area contributed by atoms with Crippen LogP contribution in [0, 0.1) is 0 Å². The van der Waals surface area contributed by atoms with Crippen LogP contribution in [0.4, 0.5) is 0 Å². The van der Waals surface area contributed by atoms with Gasteiger partial charge >= 0.3 is 0 Å². The third kappa shape index (κ3) is 6.10. The normalized spacial score (nSPS) is 19.0. The van der Waals surface area contributed by atoms with Gasteiger partial charge in [-0.1, -0.05) is 0 Å². The second kappa shape index (κ2) is 7.17. The molecule has 0 atom stereocenters. The van der Waals surface area contributed by atoms with Gasteiger partial charge in [0.2, 0.25) is 0 Å². The van der Waals surface area contributed by atoms with Crippen molar-refractivity contribution >= 4 is 0 Å². The zero-order valence-electron chi connectivity index (χ0n) is 10.4. The summed E-state index contributed by atoms with van der Waals surface area (Å²) in [4.78, 5) is 7.11. The van der Waals surface area contributed by atoms with Crippen molar-refractivity contribution < 1.29 is 4.74 Å². The molecule has 0 aromatic heterocycles. The van der Waals surface area contributed by atoms with Gasteiger partial charge in [0.15, 0.2) is 0 Å². The summed E-state index contributed by atoms with van der Waals surface area (Å²) in [6.45, 7) is 8.63. The first-order chi connectivity index (χ1) is 7.18. The highest BCUT2D eigenvalue weighted by Crippen LogP contribution is 1.96.